The van der Waals surface area contributed by atoms with Crippen LogP contribution >= 0.6 is 22.9 Å². The minimum Gasteiger partial charge on any atom is -0.469 e. The summed E-state index contributed by atoms with van der Waals surface area (Å²) in [5.41, 5.74) is 2.80. The SMILES string of the molecule is Cn1c2c(sc1=NC(=O)C1(c3ccc(Cl)cc3)CC1)CCc1occc1-2. The fourth-order valence-corrected chi connectivity index (χ4v) is 5.04. The van der Waals surface area contributed by atoms with Gasteiger partial charge in [0.05, 0.1) is 17.4 Å². The molecular weight excluding hydrogens is 368 g/mol. The van der Waals surface area contributed by atoms with E-state index >= 15 is 0 Å². The molecule has 6 heteroatoms. The number of carbonyl (C=O) groups is 1. The zero-order chi connectivity index (χ0) is 17.9. The summed E-state index contributed by atoms with van der Waals surface area (Å²) in [6.45, 7) is 0. The van der Waals surface area contributed by atoms with E-state index in [0.717, 1.165) is 53.1 Å². The normalized spacial score (nSPS) is 17.7. The van der Waals surface area contributed by atoms with Crippen molar-refractivity contribution < 1.29 is 9.21 Å². The van der Waals surface area contributed by atoms with E-state index in [2.05, 4.69) is 4.99 Å². The molecule has 0 saturated heterocycles. The summed E-state index contributed by atoms with van der Waals surface area (Å²) < 4.78 is 7.60. The molecule has 2 heterocycles. The summed E-state index contributed by atoms with van der Waals surface area (Å²) in [6.07, 6.45) is 5.26. The molecule has 0 aliphatic heterocycles. The molecular formula is C20H17ClN2O2S. The third-order valence-electron chi connectivity index (χ3n) is 5.43. The van der Waals surface area contributed by atoms with Crippen molar-refractivity contribution in [2.24, 2.45) is 12.0 Å². The highest BCUT2D eigenvalue weighted by Gasteiger charge is 2.51. The predicted octanol–water partition coefficient (Wildman–Crippen LogP) is 4.26. The summed E-state index contributed by atoms with van der Waals surface area (Å²) in [6, 6.07) is 9.57. The van der Waals surface area contributed by atoms with Crippen molar-refractivity contribution in [3.8, 4) is 11.3 Å². The van der Waals surface area contributed by atoms with Gasteiger partial charge in [0.2, 0.25) is 0 Å². The van der Waals surface area contributed by atoms with Gasteiger partial charge in [0.1, 0.15) is 5.76 Å². The van der Waals surface area contributed by atoms with E-state index in [0.29, 0.717) is 5.02 Å². The number of furan rings is 1. The topological polar surface area (TPSA) is 47.5 Å². The van der Waals surface area contributed by atoms with Crippen LogP contribution in [-0.2, 0) is 30.1 Å². The number of thiazole rings is 1. The molecule has 0 radical (unpaired) electrons. The summed E-state index contributed by atoms with van der Waals surface area (Å²) in [5.74, 6) is 0.963. The predicted molar refractivity (Wildman–Crippen MR) is 101 cm³/mol. The Kier molecular flexibility index (Phi) is 3.52. The van der Waals surface area contributed by atoms with Gasteiger partial charge in [0, 0.05) is 28.9 Å². The average molecular weight is 385 g/mol. The third-order valence-corrected chi connectivity index (χ3v) is 6.88. The molecule has 1 saturated carbocycles. The third kappa shape index (κ3) is 2.34. The van der Waals surface area contributed by atoms with Gasteiger partial charge in [0.15, 0.2) is 4.80 Å². The van der Waals surface area contributed by atoms with Crippen molar-refractivity contribution >= 4 is 28.8 Å². The van der Waals surface area contributed by atoms with Crippen LogP contribution in [0.5, 0.6) is 0 Å². The smallest absolute Gasteiger partial charge is 0.258 e. The minimum atomic E-state index is -0.469. The Bertz CT molecular complexity index is 1080. The summed E-state index contributed by atoms with van der Waals surface area (Å²) in [5, 5.41) is 0.683. The molecule has 132 valence electrons. The fourth-order valence-electron chi connectivity index (χ4n) is 3.79. The summed E-state index contributed by atoms with van der Waals surface area (Å²) >= 11 is 7.60. The van der Waals surface area contributed by atoms with Crippen LogP contribution in [0.2, 0.25) is 5.02 Å². The molecule has 26 heavy (non-hydrogen) atoms. The molecule has 1 amide bonds. The Balaban J connectivity index is 1.56. The van der Waals surface area contributed by atoms with Crippen molar-refractivity contribution in [3.63, 3.8) is 0 Å². The summed E-state index contributed by atoms with van der Waals surface area (Å²) in [4.78, 5) is 19.6. The quantitative estimate of drug-likeness (QED) is 0.662. The second kappa shape index (κ2) is 5.69. The lowest BCUT2D eigenvalue weighted by atomic mass is 9.95. The maximum Gasteiger partial charge on any atom is 0.258 e. The zero-order valence-corrected chi connectivity index (χ0v) is 15.9. The number of hydrogen-bond acceptors (Lipinski definition) is 3. The number of aryl methyl sites for hydroxylation is 2. The van der Waals surface area contributed by atoms with E-state index in [1.807, 2.05) is 41.9 Å². The molecule has 0 atom stereocenters. The molecule has 0 bridgehead atoms. The van der Waals surface area contributed by atoms with Gasteiger partial charge < -0.3 is 8.98 Å². The van der Waals surface area contributed by atoms with Crippen LogP contribution in [0.25, 0.3) is 11.3 Å². The molecule has 1 aromatic carbocycles. The van der Waals surface area contributed by atoms with Crippen molar-refractivity contribution in [1.29, 1.82) is 0 Å². The maximum absolute atomic E-state index is 13.0. The van der Waals surface area contributed by atoms with E-state index in [-0.39, 0.29) is 5.91 Å². The van der Waals surface area contributed by atoms with Crippen LogP contribution in [0.15, 0.2) is 46.0 Å². The van der Waals surface area contributed by atoms with Crippen molar-refractivity contribution in [2.45, 2.75) is 31.1 Å². The van der Waals surface area contributed by atoms with Gasteiger partial charge in [-0.15, -0.1) is 11.3 Å². The zero-order valence-electron chi connectivity index (χ0n) is 14.3. The molecule has 2 aromatic heterocycles. The van der Waals surface area contributed by atoms with Gasteiger partial charge in [0.25, 0.3) is 5.91 Å². The Morgan fingerprint density at radius 1 is 1.23 bits per heavy atom. The number of benzene rings is 1. The van der Waals surface area contributed by atoms with E-state index in [9.17, 15) is 4.79 Å². The number of rotatable bonds is 2. The van der Waals surface area contributed by atoms with Gasteiger partial charge in [-0.1, -0.05) is 23.7 Å². The first-order valence-electron chi connectivity index (χ1n) is 8.69. The van der Waals surface area contributed by atoms with E-state index in [1.165, 1.54) is 4.88 Å². The van der Waals surface area contributed by atoms with Gasteiger partial charge in [-0.3, -0.25) is 4.79 Å². The molecule has 0 N–H and O–H groups in total. The van der Waals surface area contributed by atoms with Gasteiger partial charge in [-0.05, 0) is 43.0 Å². The molecule has 4 nitrogen and oxygen atoms in total. The van der Waals surface area contributed by atoms with Crippen molar-refractivity contribution in [3.05, 3.63) is 62.6 Å². The van der Waals surface area contributed by atoms with Crippen LogP contribution < -0.4 is 4.80 Å². The minimum absolute atomic E-state index is 0.0542. The van der Waals surface area contributed by atoms with Crippen LogP contribution in [0.3, 0.4) is 0 Å². The number of fused-ring (bicyclic) bond motifs is 3. The van der Waals surface area contributed by atoms with Crippen LogP contribution in [-0.4, -0.2) is 10.5 Å². The average Bonchev–Trinajstić information content (AvgIpc) is 3.21. The summed E-state index contributed by atoms with van der Waals surface area (Å²) in [7, 11) is 1.98. The van der Waals surface area contributed by atoms with Crippen molar-refractivity contribution in [2.75, 3.05) is 0 Å². The van der Waals surface area contributed by atoms with Crippen LogP contribution in [0.1, 0.15) is 29.0 Å². The van der Waals surface area contributed by atoms with Crippen LogP contribution in [0.4, 0.5) is 0 Å². The number of halogens is 1. The maximum atomic E-state index is 13.0. The lowest BCUT2D eigenvalue weighted by molar-refractivity contribution is -0.120. The molecule has 0 unspecified atom stereocenters. The highest BCUT2D eigenvalue weighted by Crippen LogP contribution is 2.49. The fraction of sp³-hybridized carbons (Fsp3) is 0.300. The Morgan fingerprint density at radius 3 is 2.73 bits per heavy atom. The van der Waals surface area contributed by atoms with Gasteiger partial charge in [-0.2, -0.15) is 4.99 Å². The standard InChI is InChI=1S/C20H17ClN2O2S/c1-23-17-14-8-11-25-15(14)6-7-16(17)26-19(23)22-18(24)20(9-10-20)12-2-4-13(21)5-3-12/h2-5,8,11H,6-7,9-10H2,1H3. The first kappa shape index (κ1) is 16.1. The Morgan fingerprint density at radius 2 is 2.00 bits per heavy atom. The first-order valence-corrected chi connectivity index (χ1v) is 9.88. The van der Waals surface area contributed by atoms with Crippen LogP contribution in [0, 0.1) is 0 Å². The lowest BCUT2D eigenvalue weighted by Crippen LogP contribution is -2.23. The Labute approximate surface area is 159 Å². The van der Waals surface area contributed by atoms with Gasteiger partial charge >= 0.3 is 0 Å². The Hall–Kier alpha value is -2.11. The molecule has 0 spiro atoms. The molecule has 3 aromatic rings. The largest absolute Gasteiger partial charge is 0.469 e. The number of aromatic nitrogens is 1. The molecule has 2 aliphatic rings. The highest BCUT2D eigenvalue weighted by atomic mass is 35.5. The number of hydrogen-bond donors (Lipinski definition) is 0. The number of amides is 1. The lowest BCUT2D eigenvalue weighted by Gasteiger charge is -2.12. The van der Waals surface area contributed by atoms with E-state index in [1.54, 1.807) is 17.6 Å². The second-order valence-corrected chi connectivity index (χ2v) is 8.48. The first-order chi connectivity index (χ1) is 12.6. The van der Waals surface area contributed by atoms with E-state index in [4.69, 9.17) is 16.0 Å². The number of carbonyl (C=O) groups excluding carboxylic acids is 1. The van der Waals surface area contributed by atoms with Gasteiger partial charge in [-0.25, -0.2) is 0 Å². The monoisotopic (exact) mass is 384 g/mol. The molecule has 5 rings (SSSR count). The molecule has 2 aliphatic carbocycles. The second-order valence-electron chi connectivity index (χ2n) is 6.98. The van der Waals surface area contributed by atoms with Crippen molar-refractivity contribution in [1.82, 2.24) is 4.57 Å². The molecule has 1 fully saturated rings. The number of nitrogens with zero attached hydrogens (tertiary/aromatic N) is 2. The van der Waals surface area contributed by atoms with E-state index < -0.39 is 5.41 Å². The highest BCUT2D eigenvalue weighted by molar-refractivity contribution is 7.09.